The number of nitrogens with zero attached hydrogens (tertiary/aromatic N) is 2. The van der Waals surface area contributed by atoms with Crippen LogP contribution in [0.25, 0.3) is 11.3 Å². The predicted octanol–water partition coefficient (Wildman–Crippen LogP) is 0.597. The summed E-state index contributed by atoms with van der Waals surface area (Å²) in [6, 6.07) is 9.26. The summed E-state index contributed by atoms with van der Waals surface area (Å²) in [5.74, 6) is -0.381. The molecule has 0 radical (unpaired) electrons. The first-order valence-corrected chi connectivity index (χ1v) is 7.54. The van der Waals surface area contributed by atoms with E-state index >= 15 is 0 Å². The normalized spacial score (nSPS) is 11.5. The van der Waals surface area contributed by atoms with Gasteiger partial charge >= 0.3 is 5.97 Å². The second kappa shape index (κ2) is 8.09. The molecular formula is C17H19N3O5. The zero-order chi connectivity index (χ0) is 18.4. The summed E-state index contributed by atoms with van der Waals surface area (Å²) in [6.07, 6.45) is 0. The lowest BCUT2D eigenvalue weighted by atomic mass is 10.1. The molecule has 1 aromatic heterocycles. The summed E-state index contributed by atoms with van der Waals surface area (Å²) in [6.45, 7) is 1.19. The second-order valence-corrected chi connectivity index (χ2v) is 5.26. The smallest absolute Gasteiger partial charge is 0.328 e. The highest BCUT2D eigenvalue weighted by molar-refractivity contribution is 5.83. The number of benzene rings is 1. The molecule has 0 saturated carbocycles. The van der Waals surface area contributed by atoms with Crippen LogP contribution < -0.4 is 15.6 Å². The molecule has 0 aliphatic rings. The van der Waals surface area contributed by atoms with Crippen LogP contribution in [0.5, 0.6) is 5.75 Å². The Balaban J connectivity index is 2.17. The molecular weight excluding hydrogens is 326 g/mol. The van der Waals surface area contributed by atoms with Crippen molar-refractivity contribution in [3.8, 4) is 17.0 Å². The van der Waals surface area contributed by atoms with Crippen LogP contribution in [-0.4, -0.2) is 41.9 Å². The first kappa shape index (κ1) is 18.2. The Labute approximate surface area is 144 Å². The molecule has 8 nitrogen and oxygen atoms in total. The van der Waals surface area contributed by atoms with E-state index in [1.807, 2.05) is 0 Å². The first-order chi connectivity index (χ1) is 11.9. The maximum Gasteiger partial charge on any atom is 0.328 e. The summed E-state index contributed by atoms with van der Waals surface area (Å²) in [4.78, 5) is 35.2. The lowest BCUT2D eigenvalue weighted by molar-refractivity contribution is -0.144. The summed E-state index contributed by atoms with van der Waals surface area (Å²) >= 11 is 0. The maximum atomic E-state index is 12.0. The summed E-state index contributed by atoms with van der Waals surface area (Å²) in [5.41, 5.74) is 0.895. The van der Waals surface area contributed by atoms with Gasteiger partial charge in [-0.05, 0) is 37.3 Å². The molecule has 0 aliphatic carbocycles. The highest BCUT2D eigenvalue weighted by Gasteiger charge is 2.16. The Kier molecular flexibility index (Phi) is 5.89. The lowest BCUT2D eigenvalue weighted by Crippen LogP contribution is -2.42. The van der Waals surface area contributed by atoms with Crippen molar-refractivity contribution in [2.24, 2.45) is 0 Å². The first-order valence-electron chi connectivity index (χ1n) is 7.54. The van der Waals surface area contributed by atoms with Crippen molar-refractivity contribution in [2.75, 3.05) is 14.2 Å². The van der Waals surface area contributed by atoms with Crippen molar-refractivity contribution in [1.29, 1.82) is 0 Å². The average molecular weight is 345 g/mol. The van der Waals surface area contributed by atoms with E-state index in [9.17, 15) is 14.4 Å². The van der Waals surface area contributed by atoms with Gasteiger partial charge in [-0.3, -0.25) is 9.59 Å². The van der Waals surface area contributed by atoms with Crippen LogP contribution in [0.3, 0.4) is 0 Å². The number of esters is 1. The number of amides is 1. The molecule has 0 bridgehead atoms. The van der Waals surface area contributed by atoms with Crippen molar-refractivity contribution in [1.82, 2.24) is 15.1 Å². The van der Waals surface area contributed by atoms with Gasteiger partial charge < -0.3 is 14.8 Å². The fraction of sp³-hybridized carbons (Fsp3) is 0.294. The third-order valence-electron chi connectivity index (χ3n) is 3.48. The van der Waals surface area contributed by atoms with E-state index < -0.39 is 23.5 Å². The molecule has 1 heterocycles. The van der Waals surface area contributed by atoms with Crippen molar-refractivity contribution >= 4 is 11.9 Å². The Hall–Kier alpha value is -3.16. The molecule has 132 valence electrons. The van der Waals surface area contributed by atoms with E-state index in [-0.39, 0.29) is 6.54 Å². The van der Waals surface area contributed by atoms with Gasteiger partial charge in [0.25, 0.3) is 5.56 Å². The fourth-order valence-electron chi connectivity index (χ4n) is 2.14. The van der Waals surface area contributed by atoms with Gasteiger partial charge in [0, 0.05) is 11.6 Å². The lowest BCUT2D eigenvalue weighted by Gasteiger charge is -2.12. The van der Waals surface area contributed by atoms with Gasteiger partial charge in [0.2, 0.25) is 5.91 Å². The molecule has 1 aromatic carbocycles. The van der Waals surface area contributed by atoms with Crippen molar-refractivity contribution in [2.45, 2.75) is 19.5 Å². The van der Waals surface area contributed by atoms with Gasteiger partial charge in [0.15, 0.2) is 0 Å². The van der Waals surface area contributed by atoms with Crippen LogP contribution in [0.15, 0.2) is 41.2 Å². The Morgan fingerprint density at radius 2 is 1.84 bits per heavy atom. The number of hydrogen-bond donors (Lipinski definition) is 1. The third-order valence-corrected chi connectivity index (χ3v) is 3.48. The standard InChI is InChI=1S/C17H19N3O5/c1-11(17(23)25-3)18-15(21)10-20-16(22)9-8-14(19-20)12-4-6-13(24-2)7-5-12/h4-9,11H,10H2,1-3H3,(H,18,21). The van der Waals surface area contributed by atoms with Gasteiger partial charge in [0.05, 0.1) is 19.9 Å². The number of carbonyl (C=O) groups is 2. The number of methoxy groups -OCH3 is 2. The average Bonchev–Trinajstić information content (AvgIpc) is 2.62. The molecule has 0 fully saturated rings. The number of ether oxygens (including phenoxy) is 2. The Morgan fingerprint density at radius 1 is 1.16 bits per heavy atom. The van der Waals surface area contributed by atoms with Gasteiger partial charge in [-0.15, -0.1) is 0 Å². The molecule has 1 N–H and O–H groups in total. The van der Waals surface area contributed by atoms with Crippen LogP contribution in [0.4, 0.5) is 0 Å². The zero-order valence-corrected chi connectivity index (χ0v) is 14.2. The number of carbonyl (C=O) groups excluding carboxylic acids is 2. The van der Waals surface area contributed by atoms with E-state index in [1.54, 1.807) is 37.4 Å². The minimum atomic E-state index is -0.807. The second-order valence-electron chi connectivity index (χ2n) is 5.26. The van der Waals surface area contributed by atoms with E-state index in [1.165, 1.54) is 20.1 Å². The number of nitrogens with one attached hydrogen (secondary N) is 1. The van der Waals surface area contributed by atoms with Crippen molar-refractivity contribution in [3.05, 3.63) is 46.8 Å². The molecule has 8 heteroatoms. The van der Waals surface area contributed by atoms with Gasteiger partial charge in [-0.1, -0.05) is 0 Å². The molecule has 2 rings (SSSR count). The van der Waals surface area contributed by atoms with Crippen LogP contribution in [0.2, 0.25) is 0 Å². The van der Waals surface area contributed by atoms with Crippen LogP contribution in [0.1, 0.15) is 6.92 Å². The molecule has 1 amide bonds. The van der Waals surface area contributed by atoms with Gasteiger partial charge in [-0.25, -0.2) is 9.48 Å². The number of rotatable bonds is 6. The number of aromatic nitrogens is 2. The molecule has 1 atom stereocenters. The van der Waals surface area contributed by atoms with Crippen LogP contribution in [0, 0.1) is 0 Å². The number of hydrogen-bond acceptors (Lipinski definition) is 6. The van der Waals surface area contributed by atoms with Gasteiger partial charge in [-0.2, -0.15) is 5.10 Å². The largest absolute Gasteiger partial charge is 0.497 e. The monoisotopic (exact) mass is 345 g/mol. The fourth-order valence-corrected chi connectivity index (χ4v) is 2.14. The molecule has 2 aromatic rings. The zero-order valence-electron chi connectivity index (χ0n) is 14.2. The van der Waals surface area contributed by atoms with Gasteiger partial charge in [0.1, 0.15) is 18.3 Å². The quantitative estimate of drug-likeness (QED) is 0.770. The van der Waals surface area contributed by atoms with E-state index in [4.69, 9.17) is 4.74 Å². The topological polar surface area (TPSA) is 99.5 Å². The minimum Gasteiger partial charge on any atom is -0.497 e. The third kappa shape index (κ3) is 4.66. The summed E-state index contributed by atoms with van der Waals surface area (Å²) in [7, 11) is 2.80. The van der Waals surface area contributed by atoms with Crippen LogP contribution >= 0.6 is 0 Å². The van der Waals surface area contributed by atoms with Crippen molar-refractivity contribution < 1.29 is 19.1 Å². The van der Waals surface area contributed by atoms with Crippen molar-refractivity contribution in [3.63, 3.8) is 0 Å². The molecule has 0 saturated heterocycles. The maximum absolute atomic E-state index is 12.0. The highest BCUT2D eigenvalue weighted by atomic mass is 16.5. The van der Waals surface area contributed by atoms with E-state index in [0.717, 1.165) is 10.2 Å². The molecule has 25 heavy (non-hydrogen) atoms. The SMILES string of the molecule is COC(=O)C(C)NC(=O)Cn1nc(-c2ccc(OC)cc2)ccc1=O. The Morgan fingerprint density at radius 3 is 2.44 bits per heavy atom. The summed E-state index contributed by atoms with van der Waals surface area (Å²) < 4.78 is 10.7. The highest BCUT2D eigenvalue weighted by Crippen LogP contribution is 2.19. The molecule has 0 spiro atoms. The van der Waals surface area contributed by atoms with E-state index in [2.05, 4.69) is 15.2 Å². The summed E-state index contributed by atoms with van der Waals surface area (Å²) in [5, 5.41) is 6.65. The minimum absolute atomic E-state index is 0.301. The van der Waals surface area contributed by atoms with E-state index in [0.29, 0.717) is 11.4 Å². The molecule has 0 aliphatic heterocycles. The van der Waals surface area contributed by atoms with Crippen LogP contribution in [-0.2, 0) is 20.9 Å². The predicted molar refractivity (Wildman–Crippen MR) is 90.1 cm³/mol. The Bertz CT molecular complexity index is 814. The molecule has 1 unspecified atom stereocenters.